The fourth-order valence-corrected chi connectivity index (χ4v) is 4.60. The number of rotatable bonds is 4. The third kappa shape index (κ3) is 4.86. The van der Waals surface area contributed by atoms with Gasteiger partial charge in [-0.2, -0.15) is 4.36 Å². The van der Waals surface area contributed by atoms with E-state index >= 15 is 0 Å². The molecule has 2 rings (SSSR count). The van der Waals surface area contributed by atoms with Crippen LogP contribution in [0.1, 0.15) is 18.1 Å². The van der Waals surface area contributed by atoms with Gasteiger partial charge >= 0.3 is 5.91 Å². The molecule has 9 heteroatoms. The fourth-order valence-electron chi connectivity index (χ4n) is 2.51. The molecule has 2 aromatic carbocycles. The summed E-state index contributed by atoms with van der Waals surface area (Å²) in [4.78, 5) is 13.1. The van der Waals surface area contributed by atoms with Gasteiger partial charge in [0.2, 0.25) is 0 Å². The number of amides is 1. The van der Waals surface area contributed by atoms with Gasteiger partial charge < -0.3 is 5.73 Å². The Balaban J connectivity index is 2.45. The zero-order valence-corrected chi connectivity index (χ0v) is 18.3. The first-order valence-electron chi connectivity index (χ1n) is 8.24. The molecule has 0 saturated heterocycles. The van der Waals surface area contributed by atoms with Crippen molar-refractivity contribution >= 4 is 44.5 Å². The summed E-state index contributed by atoms with van der Waals surface area (Å²) < 4.78 is 17.0. The number of benzene rings is 2. The molecular weight excluding hydrogens is 419 g/mol. The first-order valence-corrected chi connectivity index (χ1v) is 10.9. The van der Waals surface area contributed by atoms with Gasteiger partial charge in [0.1, 0.15) is 5.70 Å². The lowest BCUT2D eigenvalue weighted by molar-refractivity contribution is -0.114. The van der Waals surface area contributed by atoms with E-state index in [4.69, 9.17) is 34.8 Å². The van der Waals surface area contributed by atoms with Gasteiger partial charge in [-0.3, -0.25) is 9.80 Å². The Bertz CT molecular complexity index is 1090. The van der Waals surface area contributed by atoms with E-state index in [1.165, 1.54) is 12.3 Å². The Morgan fingerprint density at radius 2 is 1.79 bits per heavy atom. The van der Waals surface area contributed by atoms with Crippen LogP contribution in [0.15, 0.2) is 57.1 Å². The molecule has 0 aliphatic heterocycles. The van der Waals surface area contributed by atoms with Gasteiger partial charge in [0, 0.05) is 11.3 Å². The van der Waals surface area contributed by atoms with E-state index < -0.39 is 15.6 Å². The minimum absolute atomic E-state index is 0.217. The molecule has 0 heterocycles. The predicted octanol–water partition coefficient (Wildman–Crippen LogP) is 4.16. The summed E-state index contributed by atoms with van der Waals surface area (Å²) in [5.41, 5.74) is 8.05. The molecule has 0 fully saturated rings. The Labute approximate surface area is 175 Å². The van der Waals surface area contributed by atoms with Gasteiger partial charge in [0.25, 0.3) is 0 Å². The van der Waals surface area contributed by atoms with Crippen molar-refractivity contribution in [1.29, 1.82) is 0 Å². The molecule has 0 radical (unpaired) electrons. The van der Waals surface area contributed by atoms with Crippen molar-refractivity contribution < 1.29 is 9.00 Å². The second-order valence-corrected chi connectivity index (χ2v) is 9.50. The van der Waals surface area contributed by atoms with Crippen molar-refractivity contribution in [3.05, 3.63) is 69.0 Å². The molecule has 0 aromatic heterocycles. The average molecular weight is 441 g/mol. The zero-order chi connectivity index (χ0) is 21.2. The lowest BCUT2D eigenvalue weighted by atomic mass is 10.2. The van der Waals surface area contributed by atoms with Crippen LogP contribution in [0.5, 0.6) is 0 Å². The molecule has 150 valence electrons. The largest absolute Gasteiger partial charge is 0.393 e. The van der Waals surface area contributed by atoms with Crippen molar-refractivity contribution in [3.63, 3.8) is 0 Å². The first kappa shape index (κ1) is 22.2. The van der Waals surface area contributed by atoms with Crippen LogP contribution < -0.4 is 16.6 Å². The number of carbonyl (C=O) groups excluding carboxylic acids is 1. The Morgan fingerprint density at radius 3 is 2.39 bits per heavy atom. The lowest BCUT2D eigenvalue weighted by Gasteiger charge is -2.21. The molecule has 0 aliphatic carbocycles. The summed E-state index contributed by atoms with van der Waals surface area (Å²) in [6, 6.07) is 10.2. The lowest BCUT2D eigenvalue weighted by Crippen LogP contribution is -2.32. The zero-order valence-electron chi connectivity index (χ0n) is 16.0. The standard InChI is InChI=1S/C19H22Cl2N4O2S/c1-11-5-6-12(2)17(9-11)28(4,27)24-19(26)18(22)13(3)25(23)16-8-7-14(20)10-15(16)21/h5-10H,22-23H2,1-4H3/b18-13-. The van der Waals surface area contributed by atoms with Gasteiger partial charge in [0.15, 0.2) is 0 Å². The van der Waals surface area contributed by atoms with E-state index in [0.29, 0.717) is 20.6 Å². The fraction of sp³-hybridized carbons (Fsp3) is 0.211. The van der Waals surface area contributed by atoms with Crippen molar-refractivity contribution in [3.8, 4) is 0 Å². The maximum atomic E-state index is 13.1. The maximum Gasteiger partial charge on any atom is 0.303 e. The van der Waals surface area contributed by atoms with Crippen LogP contribution in [-0.4, -0.2) is 16.4 Å². The highest BCUT2D eigenvalue weighted by atomic mass is 35.5. The SMILES string of the molecule is C/C(=C(/N)C(=O)N=S(C)(=O)c1cc(C)ccc1C)N(N)c1ccc(Cl)cc1Cl. The van der Waals surface area contributed by atoms with Gasteiger partial charge in [-0.05, 0) is 56.2 Å². The molecular formula is C19H22Cl2N4O2S. The highest BCUT2D eigenvalue weighted by molar-refractivity contribution is 7.93. The summed E-state index contributed by atoms with van der Waals surface area (Å²) >= 11 is 12.0. The van der Waals surface area contributed by atoms with Crippen LogP contribution in [0.2, 0.25) is 10.0 Å². The van der Waals surface area contributed by atoms with Crippen LogP contribution in [0.25, 0.3) is 0 Å². The van der Waals surface area contributed by atoms with Crippen LogP contribution in [-0.2, 0) is 14.5 Å². The molecule has 0 saturated carbocycles. The minimum Gasteiger partial charge on any atom is -0.393 e. The number of carbonyl (C=O) groups is 1. The number of hydrogen-bond donors (Lipinski definition) is 2. The van der Waals surface area contributed by atoms with Crippen molar-refractivity contribution in [2.24, 2.45) is 15.9 Å². The normalized spacial score (nSPS) is 14.1. The molecule has 1 amide bonds. The summed E-state index contributed by atoms with van der Waals surface area (Å²) in [5, 5.41) is 1.90. The number of allylic oxidation sites excluding steroid dienone is 1. The molecule has 4 N–H and O–H groups in total. The topological polar surface area (TPSA) is 102 Å². The highest BCUT2D eigenvalue weighted by Crippen LogP contribution is 2.29. The third-order valence-electron chi connectivity index (χ3n) is 4.16. The van der Waals surface area contributed by atoms with E-state index in [1.807, 2.05) is 26.0 Å². The summed E-state index contributed by atoms with van der Waals surface area (Å²) in [6.45, 7) is 5.23. The molecule has 0 aliphatic rings. The number of hydrazine groups is 1. The second-order valence-electron chi connectivity index (χ2n) is 6.43. The van der Waals surface area contributed by atoms with E-state index in [1.54, 1.807) is 25.1 Å². The second kappa shape index (κ2) is 8.53. The van der Waals surface area contributed by atoms with E-state index in [0.717, 1.165) is 16.1 Å². The van der Waals surface area contributed by atoms with Crippen LogP contribution in [0, 0.1) is 13.8 Å². The predicted molar refractivity (Wildman–Crippen MR) is 116 cm³/mol. The maximum absolute atomic E-state index is 13.1. The van der Waals surface area contributed by atoms with Crippen LogP contribution in [0.4, 0.5) is 5.69 Å². The molecule has 2 aromatic rings. The molecule has 28 heavy (non-hydrogen) atoms. The van der Waals surface area contributed by atoms with Gasteiger partial charge in [-0.1, -0.05) is 35.3 Å². The average Bonchev–Trinajstić information content (AvgIpc) is 2.61. The monoisotopic (exact) mass is 440 g/mol. The molecule has 0 spiro atoms. The summed E-state index contributed by atoms with van der Waals surface area (Å²) in [6.07, 6.45) is 1.41. The molecule has 6 nitrogen and oxygen atoms in total. The number of halogens is 2. The molecule has 1 unspecified atom stereocenters. The number of aryl methyl sites for hydroxylation is 2. The number of anilines is 1. The van der Waals surface area contributed by atoms with Gasteiger partial charge in [-0.25, -0.2) is 10.1 Å². The van der Waals surface area contributed by atoms with E-state index in [2.05, 4.69) is 4.36 Å². The molecule has 0 bridgehead atoms. The highest BCUT2D eigenvalue weighted by Gasteiger charge is 2.18. The van der Waals surface area contributed by atoms with Crippen LogP contribution in [0.3, 0.4) is 0 Å². The van der Waals surface area contributed by atoms with Gasteiger partial charge in [-0.15, -0.1) is 0 Å². The van der Waals surface area contributed by atoms with Crippen molar-refractivity contribution in [2.45, 2.75) is 25.7 Å². The third-order valence-corrected chi connectivity index (χ3v) is 6.47. The number of nitrogens with two attached hydrogens (primary N) is 2. The quantitative estimate of drug-likeness (QED) is 0.421. The van der Waals surface area contributed by atoms with Crippen molar-refractivity contribution in [2.75, 3.05) is 11.3 Å². The van der Waals surface area contributed by atoms with Gasteiger partial charge in [0.05, 0.1) is 31.0 Å². The first-order chi connectivity index (χ1) is 12.9. The minimum atomic E-state index is -2.99. The van der Waals surface area contributed by atoms with E-state index in [-0.39, 0.29) is 11.4 Å². The van der Waals surface area contributed by atoms with Crippen molar-refractivity contribution in [1.82, 2.24) is 0 Å². The Hall–Kier alpha value is -2.06. The molecule has 1 atom stereocenters. The summed E-state index contributed by atoms with van der Waals surface area (Å²) in [5.74, 6) is 5.24. The van der Waals surface area contributed by atoms with Crippen LogP contribution >= 0.6 is 23.2 Å². The smallest absolute Gasteiger partial charge is 0.303 e. The number of nitrogens with zero attached hydrogens (tertiary/aromatic N) is 2. The van der Waals surface area contributed by atoms with E-state index in [9.17, 15) is 9.00 Å². The number of hydrogen-bond acceptors (Lipinski definition) is 5. The Kier molecular flexibility index (Phi) is 6.77. The Morgan fingerprint density at radius 1 is 1.14 bits per heavy atom. The summed E-state index contributed by atoms with van der Waals surface area (Å²) in [7, 11) is -2.99.